The number of hydroxylamine groups is 3. The van der Waals surface area contributed by atoms with Crippen LogP contribution in [0.3, 0.4) is 0 Å². The molecule has 0 N–H and O–H groups in total. The van der Waals surface area contributed by atoms with Crippen LogP contribution < -0.4 is 0 Å². The maximum Gasteiger partial charge on any atom is 0.348 e. The predicted molar refractivity (Wildman–Crippen MR) is 116 cm³/mol. The third-order valence-corrected chi connectivity index (χ3v) is 7.55. The Morgan fingerprint density at radius 1 is 1.20 bits per heavy atom. The number of ketones is 1. The number of aryl methyl sites for hydroxylation is 1. The van der Waals surface area contributed by atoms with Gasteiger partial charge in [0.05, 0.1) is 7.11 Å². The third kappa shape index (κ3) is 4.78. The molecule has 0 radical (unpaired) electrons. The van der Waals surface area contributed by atoms with Crippen LogP contribution >= 0.6 is 22.9 Å². The van der Waals surface area contributed by atoms with Gasteiger partial charge in [-0.3, -0.25) is 4.79 Å². The highest BCUT2D eigenvalue weighted by atomic mass is 35.5. The third-order valence-electron chi connectivity index (χ3n) is 6.17. The van der Waals surface area contributed by atoms with Gasteiger partial charge in [0, 0.05) is 48.4 Å². The summed E-state index contributed by atoms with van der Waals surface area (Å²) in [6.07, 6.45) is 6.41. The number of carbonyl (C=O) groups excluding carboxylic acids is 2. The fourth-order valence-electron chi connectivity index (χ4n) is 4.56. The maximum atomic E-state index is 12.4. The lowest BCUT2D eigenvalue weighted by Gasteiger charge is -2.20. The summed E-state index contributed by atoms with van der Waals surface area (Å²) >= 11 is 7.42. The molecule has 0 amide bonds. The monoisotopic (exact) mass is 448 g/mol. The Bertz CT molecular complexity index is 912. The first-order valence-electron chi connectivity index (χ1n) is 10.5. The lowest BCUT2D eigenvalue weighted by molar-refractivity contribution is -0.938. The fraction of sp³-hybridized carbons (Fsp3) is 0.478. The summed E-state index contributed by atoms with van der Waals surface area (Å²) < 4.78 is 5.50. The van der Waals surface area contributed by atoms with Crippen molar-refractivity contribution >= 4 is 34.7 Å². The number of methoxy groups -OCH3 is 1. The van der Waals surface area contributed by atoms with Gasteiger partial charge in [-0.2, -0.15) is 0 Å². The van der Waals surface area contributed by atoms with Crippen molar-refractivity contribution in [2.75, 3.05) is 13.7 Å². The van der Waals surface area contributed by atoms with Crippen LogP contribution in [0.5, 0.6) is 0 Å². The van der Waals surface area contributed by atoms with Crippen LogP contribution in [0, 0.1) is 0 Å². The molecule has 0 spiro atoms. The van der Waals surface area contributed by atoms with E-state index in [0.29, 0.717) is 35.0 Å². The van der Waals surface area contributed by atoms with Crippen LogP contribution in [0.2, 0.25) is 5.02 Å². The average molecular weight is 449 g/mol. The van der Waals surface area contributed by atoms with Gasteiger partial charge in [-0.1, -0.05) is 23.7 Å². The number of rotatable bonds is 10. The number of hydrogen-bond acceptors (Lipinski definition) is 5. The second-order valence-corrected chi connectivity index (χ2v) is 9.72. The van der Waals surface area contributed by atoms with Crippen molar-refractivity contribution in [2.45, 2.75) is 57.2 Å². The molecule has 5 nitrogen and oxygen atoms in total. The largest absolute Gasteiger partial charge is 0.465 e. The molecule has 3 heterocycles. The van der Waals surface area contributed by atoms with Gasteiger partial charge in [-0.05, 0) is 36.2 Å². The van der Waals surface area contributed by atoms with Crippen LogP contribution in [-0.4, -0.2) is 42.3 Å². The highest BCUT2D eigenvalue weighted by Gasteiger charge is 2.67. The van der Waals surface area contributed by atoms with Gasteiger partial charge in [0.2, 0.25) is 0 Å². The lowest BCUT2D eigenvalue weighted by Crippen LogP contribution is -2.37. The number of esters is 1. The molecule has 2 aromatic rings. The smallest absolute Gasteiger partial charge is 0.348 e. The number of quaternary nitrogens is 1. The van der Waals surface area contributed by atoms with Crippen molar-refractivity contribution in [1.82, 2.24) is 0 Å². The van der Waals surface area contributed by atoms with Gasteiger partial charge in [0.15, 0.2) is 0 Å². The van der Waals surface area contributed by atoms with Crippen molar-refractivity contribution in [3.63, 3.8) is 0 Å². The molecule has 1 aromatic heterocycles. The number of benzene rings is 1. The molecule has 0 aliphatic carbocycles. The summed E-state index contributed by atoms with van der Waals surface area (Å²) in [5.74, 6) is 0.0000345. The number of ether oxygens (including phenoxy) is 1. The van der Waals surface area contributed by atoms with E-state index in [-0.39, 0.29) is 11.8 Å². The van der Waals surface area contributed by atoms with Gasteiger partial charge in [-0.15, -0.1) is 20.8 Å². The number of halogens is 1. The van der Waals surface area contributed by atoms with Crippen molar-refractivity contribution in [1.29, 1.82) is 0 Å². The SMILES string of the molecule is COC(=O)c1ccc(CCC[N+]23OC2CC[C@H]3CCC(=O)Cc2ccc(Cl)cc2)s1. The molecule has 0 bridgehead atoms. The van der Waals surface area contributed by atoms with Crippen molar-refractivity contribution in [2.24, 2.45) is 0 Å². The van der Waals surface area contributed by atoms with Crippen molar-refractivity contribution in [3.05, 3.63) is 56.7 Å². The van der Waals surface area contributed by atoms with Crippen LogP contribution in [0.15, 0.2) is 36.4 Å². The number of nitrogens with zero attached hydrogens (tertiary/aromatic N) is 1. The Labute approximate surface area is 186 Å². The van der Waals surface area contributed by atoms with Crippen LogP contribution in [0.25, 0.3) is 0 Å². The maximum absolute atomic E-state index is 12.4. The number of carbonyl (C=O) groups is 2. The molecule has 7 heteroatoms. The van der Waals surface area contributed by atoms with E-state index in [4.69, 9.17) is 21.2 Å². The zero-order valence-electron chi connectivity index (χ0n) is 17.1. The standard InChI is InChI=1S/C23H27ClNO4S/c1-28-23(27)21-12-11-20(30-21)3-2-14-25-18(9-13-22(25)29-25)8-10-19(26)15-16-4-6-17(24)7-5-16/h4-7,11-12,18,22H,2-3,8-10,13-15H2,1H3/q+1/t18-,22?,25?/m1/s1. The average Bonchev–Trinajstić information content (AvgIpc) is 3.08. The summed E-state index contributed by atoms with van der Waals surface area (Å²) in [7, 11) is 1.41. The Kier molecular flexibility index (Phi) is 6.58. The Morgan fingerprint density at radius 3 is 2.73 bits per heavy atom. The number of thiophene rings is 1. The first-order chi connectivity index (χ1) is 14.5. The lowest BCUT2D eigenvalue weighted by atomic mass is 10.0. The van der Waals surface area contributed by atoms with E-state index in [9.17, 15) is 9.59 Å². The summed E-state index contributed by atoms with van der Waals surface area (Å²) in [5.41, 5.74) is 1.02. The zero-order valence-corrected chi connectivity index (χ0v) is 18.7. The Morgan fingerprint density at radius 2 is 2.00 bits per heavy atom. The van der Waals surface area contributed by atoms with E-state index < -0.39 is 0 Å². The molecule has 4 rings (SSSR count). The van der Waals surface area contributed by atoms with Crippen molar-refractivity contribution in [3.8, 4) is 0 Å². The van der Waals surface area contributed by atoms with E-state index in [1.165, 1.54) is 23.3 Å². The number of hydrogen-bond donors (Lipinski definition) is 0. The molecule has 3 atom stereocenters. The van der Waals surface area contributed by atoms with Gasteiger partial charge in [-0.25, -0.2) is 4.79 Å². The molecule has 1 aromatic carbocycles. The van der Waals surface area contributed by atoms with Gasteiger partial charge in [0.1, 0.15) is 23.2 Å². The minimum Gasteiger partial charge on any atom is -0.465 e. The van der Waals surface area contributed by atoms with E-state index in [1.807, 2.05) is 36.4 Å². The van der Waals surface area contributed by atoms with Crippen LogP contribution in [-0.2, 0) is 27.2 Å². The molecular formula is C23H27ClNO4S+. The summed E-state index contributed by atoms with van der Waals surface area (Å²) in [5, 5.41) is 0.692. The predicted octanol–water partition coefficient (Wildman–Crippen LogP) is 4.96. The summed E-state index contributed by atoms with van der Waals surface area (Å²) in [6, 6.07) is 11.8. The Hall–Kier alpha value is -1.73. The minimum absolute atomic E-state index is 0.273. The molecule has 160 valence electrons. The summed E-state index contributed by atoms with van der Waals surface area (Å²) in [6.45, 7) is 0.964. The van der Waals surface area contributed by atoms with E-state index >= 15 is 0 Å². The molecule has 2 saturated heterocycles. The molecule has 30 heavy (non-hydrogen) atoms. The topological polar surface area (TPSA) is 55.9 Å². The van der Waals surface area contributed by atoms with Crippen LogP contribution in [0.1, 0.15) is 52.2 Å². The van der Waals surface area contributed by atoms with Crippen LogP contribution in [0.4, 0.5) is 0 Å². The molecular weight excluding hydrogens is 422 g/mol. The van der Waals surface area contributed by atoms with Gasteiger partial charge >= 0.3 is 5.97 Å². The van der Waals surface area contributed by atoms with Gasteiger partial charge < -0.3 is 4.74 Å². The molecule has 2 unspecified atom stereocenters. The van der Waals surface area contributed by atoms with E-state index in [2.05, 4.69) is 0 Å². The Balaban J connectivity index is 1.24. The quantitative estimate of drug-likeness (QED) is 0.293. The highest BCUT2D eigenvalue weighted by molar-refractivity contribution is 7.13. The minimum atomic E-state index is -0.273. The van der Waals surface area contributed by atoms with Crippen molar-refractivity contribution < 1.29 is 23.8 Å². The number of fused-ring (bicyclic) bond motifs is 1. The zero-order chi connectivity index (χ0) is 21.1. The molecule has 2 fully saturated rings. The molecule has 2 aliphatic heterocycles. The van der Waals surface area contributed by atoms with E-state index in [1.54, 1.807) is 0 Å². The second-order valence-electron chi connectivity index (χ2n) is 8.11. The first-order valence-corrected chi connectivity index (χ1v) is 11.7. The highest BCUT2D eigenvalue weighted by Crippen LogP contribution is 2.49. The van der Waals surface area contributed by atoms with E-state index in [0.717, 1.165) is 48.9 Å². The summed E-state index contributed by atoms with van der Waals surface area (Å²) in [4.78, 5) is 31.9. The second kappa shape index (κ2) is 9.18. The van der Waals surface area contributed by atoms with Gasteiger partial charge in [0.25, 0.3) is 6.23 Å². The first kappa shape index (κ1) is 21.5. The fourth-order valence-corrected chi connectivity index (χ4v) is 5.65. The molecule has 0 saturated carbocycles. The number of Topliss-reactive ketones (excluding diaryl/α,β-unsaturated/α-hetero) is 1. The molecule has 2 aliphatic rings. The normalized spacial score (nSPS) is 24.5.